The Kier molecular flexibility index (Phi) is 9.87. The average Bonchev–Trinajstić information content (AvgIpc) is 4.00. The van der Waals surface area contributed by atoms with Crippen molar-refractivity contribution in [1.82, 2.24) is 0 Å². The van der Waals surface area contributed by atoms with E-state index in [0.29, 0.717) is 0 Å². The molecule has 0 radical (unpaired) electrons. The molecule has 14 aromatic rings. The van der Waals surface area contributed by atoms with Crippen LogP contribution in [0.1, 0.15) is 33.4 Å². The maximum atomic E-state index is 6.56. The highest BCUT2D eigenvalue weighted by atomic mass is 16.3. The number of furan rings is 2. The van der Waals surface area contributed by atoms with Gasteiger partial charge in [0, 0.05) is 54.8 Å². The fourth-order valence-corrected chi connectivity index (χ4v) is 12.4. The summed E-state index contributed by atoms with van der Waals surface area (Å²) in [5.41, 5.74) is 22.2. The van der Waals surface area contributed by atoms with Gasteiger partial charge in [-0.15, -0.1) is 0 Å². The van der Waals surface area contributed by atoms with E-state index in [2.05, 4.69) is 245 Å². The van der Waals surface area contributed by atoms with Crippen LogP contribution in [0.15, 0.2) is 215 Å². The molecule has 74 heavy (non-hydrogen) atoms. The van der Waals surface area contributed by atoms with Crippen molar-refractivity contribution < 1.29 is 8.83 Å². The van der Waals surface area contributed by atoms with Crippen molar-refractivity contribution in [3.8, 4) is 22.3 Å². The summed E-state index contributed by atoms with van der Waals surface area (Å²) in [5, 5.41) is 11.9. The van der Waals surface area contributed by atoms with E-state index in [1.165, 1.54) is 77.1 Å². The van der Waals surface area contributed by atoms with E-state index in [9.17, 15) is 0 Å². The zero-order valence-corrected chi connectivity index (χ0v) is 42.3. The van der Waals surface area contributed by atoms with Crippen LogP contribution in [0.2, 0.25) is 0 Å². The van der Waals surface area contributed by atoms with E-state index in [4.69, 9.17) is 8.83 Å². The Morgan fingerprint density at radius 1 is 0.284 bits per heavy atom. The van der Waals surface area contributed by atoms with Gasteiger partial charge in [0.2, 0.25) is 0 Å². The molecule has 0 bridgehead atoms. The van der Waals surface area contributed by atoms with Gasteiger partial charge in [0.1, 0.15) is 22.3 Å². The molecular formula is C70H52N2O2. The summed E-state index contributed by atoms with van der Waals surface area (Å²) in [6, 6.07) is 75.4. The van der Waals surface area contributed by atoms with Gasteiger partial charge in [-0.1, -0.05) is 158 Å². The first-order valence-corrected chi connectivity index (χ1v) is 25.7. The normalized spacial score (nSPS) is 11.9. The molecule has 354 valence electrons. The maximum Gasteiger partial charge on any atom is 0.143 e. The predicted octanol–water partition coefficient (Wildman–Crippen LogP) is 20.5. The molecule has 2 aromatic heterocycles. The van der Waals surface area contributed by atoms with Gasteiger partial charge in [0.25, 0.3) is 0 Å². The fourth-order valence-electron chi connectivity index (χ4n) is 12.4. The molecule has 12 aromatic carbocycles. The summed E-state index contributed by atoms with van der Waals surface area (Å²) >= 11 is 0. The predicted molar refractivity (Wildman–Crippen MR) is 313 cm³/mol. The first kappa shape index (κ1) is 43.7. The SMILES string of the molecule is Cc1cc(N(c2c(C)cccc2C)c2ccc3ccc4c(N(c5ccc(-c6cccc7c6oc6ccccc67)c(C)c5)c5c(C)cccc5C)ccc5ccc2c3c54)ccc1-c1cccc2c1oc1ccccc12. The summed E-state index contributed by atoms with van der Waals surface area (Å²) in [6.45, 7) is 13.4. The number of anilines is 6. The monoisotopic (exact) mass is 952 g/mol. The van der Waals surface area contributed by atoms with Crippen LogP contribution >= 0.6 is 0 Å². The smallest absolute Gasteiger partial charge is 0.143 e. The van der Waals surface area contributed by atoms with Crippen LogP contribution in [0.4, 0.5) is 34.1 Å². The van der Waals surface area contributed by atoms with Crippen LogP contribution in [0, 0.1) is 41.5 Å². The summed E-state index contributed by atoms with van der Waals surface area (Å²) in [6.07, 6.45) is 0. The van der Waals surface area contributed by atoms with Crippen molar-refractivity contribution in [2.75, 3.05) is 9.80 Å². The fraction of sp³-hybridized carbons (Fsp3) is 0.0857. The van der Waals surface area contributed by atoms with Gasteiger partial charge in [0.05, 0.1) is 22.7 Å². The summed E-state index contributed by atoms with van der Waals surface area (Å²) in [4.78, 5) is 4.99. The van der Waals surface area contributed by atoms with E-state index in [1.807, 2.05) is 12.1 Å². The number of nitrogens with zero attached hydrogens (tertiary/aromatic N) is 2. The van der Waals surface area contributed by atoms with Crippen LogP contribution in [0.3, 0.4) is 0 Å². The quantitative estimate of drug-likeness (QED) is 0.142. The second-order valence-electron chi connectivity index (χ2n) is 20.3. The van der Waals surface area contributed by atoms with Crippen LogP contribution < -0.4 is 9.80 Å². The van der Waals surface area contributed by atoms with E-state index < -0.39 is 0 Å². The number of hydrogen-bond acceptors (Lipinski definition) is 4. The average molecular weight is 953 g/mol. The first-order chi connectivity index (χ1) is 36.2. The molecule has 14 rings (SSSR count). The molecule has 0 amide bonds. The van der Waals surface area contributed by atoms with E-state index >= 15 is 0 Å². The molecular weight excluding hydrogens is 901 g/mol. The first-order valence-electron chi connectivity index (χ1n) is 25.7. The molecule has 0 aliphatic carbocycles. The van der Waals surface area contributed by atoms with Crippen molar-refractivity contribution >= 4 is 110 Å². The summed E-state index contributed by atoms with van der Waals surface area (Å²) in [7, 11) is 0. The number of para-hydroxylation sites is 6. The number of rotatable bonds is 8. The van der Waals surface area contributed by atoms with Crippen molar-refractivity contribution in [3.05, 3.63) is 240 Å². The summed E-state index contributed by atoms with van der Waals surface area (Å²) < 4.78 is 13.1. The topological polar surface area (TPSA) is 32.8 Å². The van der Waals surface area contributed by atoms with Crippen LogP contribution in [0.5, 0.6) is 0 Å². The van der Waals surface area contributed by atoms with E-state index in [1.54, 1.807) is 0 Å². The lowest BCUT2D eigenvalue weighted by molar-refractivity contribution is 0.669. The summed E-state index contributed by atoms with van der Waals surface area (Å²) in [5.74, 6) is 0. The Hall–Kier alpha value is -9.12. The van der Waals surface area contributed by atoms with E-state index in [-0.39, 0.29) is 0 Å². The highest BCUT2D eigenvalue weighted by molar-refractivity contribution is 6.28. The second-order valence-corrected chi connectivity index (χ2v) is 20.3. The Labute approximate surface area is 430 Å². The Bertz CT molecular complexity index is 4260. The van der Waals surface area contributed by atoms with Crippen LogP contribution in [0.25, 0.3) is 98.4 Å². The van der Waals surface area contributed by atoms with Gasteiger partial charge in [-0.2, -0.15) is 0 Å². The van der Waals surface area contributed by atoms with Crippen molar-refractivity contribution in [2.24, 2.45) is 0 Å². The van der Waals surface area contributed by atoms with Crippen LogP contribution in [-0.2, 0) is 0 Å². The van der Waals surface area contributed by atoms with E-state index in [0.717, 1.165) is 88.9 Å². The zero-order chi connectivity index (χ0) is 49.9. The molecule has 0 unspecified atom stereocenters. The van der Waals surface area contributed by atoms with Gasteiger partial charge in [-0.25, -0.2) is 0 Å². The van der Waals surface area contributed by atoms with Gasteiger partial charge in [0.15, 0.2) is 0 Å². The van der Waals surface area contributed by atoms with Crippen molar-refractivity contribution in [1.29, 1.82) is 0 Å². The number of aryl methyl sites for hydroxylation is 6. The Balaban J connectivity index is 0.950. The lowest BCUT2D eigenvalue weighted by atomic mass is 9.91. The molecule has 0 aliphatic rings. The highest BCUT2D eigenvalue weighted by Crippen LogP contribution is 2.50. The second kappa shape index (κ2) is 16.7. The standard InChI is InChI=1S/C70H52N2O2/c1-41-15-11-16-42(2)67(41)71(49-31-35-51(45(5)39-49)55-21-13-23-57-53-19-7-9-25-63(53)73-69(55)57)61-37-29-47-28-34-60-62(38-30-48-27-33-59(61)65(47)66(48)60)72(68-43(3)17-12-18-44(68)4)50-32-36-52(46(6)40-50)56-22-14-24-58-54-20-8-10-26-64(54)74-70(56)58/h7-40H,1-6H3. The molecule has 4 nitrogen and oxygen atoms in total. The number of fused-ring (bicyclic) bond motifs is 6. The van der Waals surface area contributed by atoms with Gasteiger partial charge in [-0.05, 0) is 156 Å². The van der Waals surface area contributed by atoms with Gasteiger partial charge < -0.3 is 18.6 Å². The van der Waals surface area contributed by atoms with Gasteiger partial charge in [-0.3, -0.25) is 0 Å². The molecule has 0 fully saturated rings. The molecule has 0 spiro atoms. The lowest BCUT2D eigenvalue weighted by Gasteiger charge is -2.32. The lowest BCUT2D eigenvalue weighted by Crippen LogP contribution is -2.14. The third-order valence-electron chi connectivity index (χ3n) is 15.8. The minimum absolute atomic E-state index is 0.905. The molecule has 4 heteroatoms. The molecule has 0 aliphatic heterocycles. The largest absolute Gasteiger partial charge is 0.455 e. The zero-order valence-electron chi connectivity index (χ0n) is 42.3. The minimum atomic E-state index is 0.905. The molecule has 0 atom stereocenters. The van der Waals surface area contributed by atoms with Crippen molar-refractivity contribution in [3.63, 3.8) is 0 Å². The Morgan fingerprint density at radius 2 is 0.662 bits per heavy atom. The third kappa shape index (κ3) is 6.61. The Morgan fingerprint density at radius 3 is 1.08 bits per heavy atom. The third-order valence-corrected chi connectivity index (χ3v) is 15.8. The number of hydrogen-bond donors (Lipinski definition) is 0. The highest BCUT2D eigenvalue weighted by Gasteiger charge is 2.26. The number of benzene rings is 12. The molecule has 2 heterocycles. The van der Waals surface area contributed by atoms with Crippen LogP contribution in [-0.4, -0.2) is 0 Å². The van der Waals surface area contributed by atoms with Gasteiger partial charge >= 0.3 is 0 Å². The minimum Gasteiger partial charge on any atom is -0.455 e. The molecule has 0 saturated heterocycles. The molecule has 0 saturated carbocycles. The maximum absolute atomic E-state index is 6.56. The molecule has 0 N–H and O–H groups in total. The van der Waals surface area contributed by atoms with Crippen molar-refractivity contribution in [2.45, 2.75) is 41.5 Å².